The summed E-state index contributed by atoms with van der Waals surface area (Å²) in [5, 5.41) is 9.10. The Bertz CT molecular complexity index is 753. The fourth-order valence-electron chi connectivity index (χ4n) is 2.27. The molecule has 2 aromatic rings. The second kappa shape index (κ2) is 7.46. The van der Waals surface area contributed by atoms with Crippen molar-refractivity contribution in [1.82, 2.24) is 15.5 Å². The molecule has 0 fully saturated rings. The maximum atomic E-state index is 12.4. The summed E-state index contributed by atoms with van der Waals surface area (Å²) in [6.45, 7) is 7.50. The zero-order valence-electron chi connectivity index (χ0n) is 13.8. The van der Waals surface area contributed by atoms with Crippen molar-refractivity contribution >= 4 is 17.7 Å². The first-order chi connectivity index (χ1) is 10.9. The van der Waals surface area contributed by atoms with Crippen LogP contribution in [0.4, 0.5) is 0 Å². The van der Waals surface area contributed by atoms with Crippen molar-refractivity contribution in [3.63, 3.8) is 0 Å². The average molecular weight is 331 g/mol. The van der Waals surface area contributed by atoms with Gasteiger partial charge in [-0.1, -0.05) is 19.1 Å². The highest BCUT2D eigenvalue weighted by molar-refractivity contribution is 7.99. The predicted octanol–water partition coefficient (Wildman–Crippen LogP) is 2.99. The van der Waals surface area contributed by atoms with E-state index in [9.17, 15) is 9.59 Å². The highest BCUT2D eigenvalue weighted by Crippen LogP contribution is 2.21. The fourth-order valence-corrected chi connectivity index (χ4v) is 2.93. The Morgan fingerprint density at radius 2 is 1.96 bits per heavy atom. The maximum absolute atomic E-state index is 12.4. The van der Waals surface area contributed by atoms with Crippen LogP contribution in [0.5, 0.6) is 0 Å². The number of aryl methyl sites for hydroxylation is 1. The molecule has 2 rings (SSSR count). The van der Waals surface area contributed by atoms with Crippen LogP contribution in [0.25, 0.3) is 0 Å². The fraction of sp³-hybridized carbons (Fsp3) is 0.353. The van der Waals surface area contributed by atoms with Gasteiger partial charge in [0.05, 0.1) is 11.7 Å². The molecule has 2 N–H and O–H groups in total. The third kappa shape index (κ3) is 4.01. The number of H-pyrrole nitrogens is 1. The minimum Gasteiger partial charge on any atom is -0.345 e. The Kier molecular flexibility index (Phi) is 5.60. The number of thioether (sulfide) groups is 1. The lowest BCUT2D eigenvalue weighted by Crippen LogP contribution is -2.33. The number of aromatic nitrogens is 2. The first kappa shape index (κ1) is 17.3. The van der Waals surface area contributed by atoms with Gasteiger partial charge in [-0.25, -0.2) is 5.10 Å². The lowest BCUT2D eigenvalue weighted by atomic mass is 10.1. The van der Waals surface area contributed by atoms with Crippen molar-refractivity contribution in [2.45, 2.75) is 38.6 Å². The molecule has 0 aliphatic heterocycles. The smallest absolute Gasteiger partial charge is 0.277 e. The van der Waals surface area contributed by atoms with Gasteiger partial charge in [0.2, 0.25) is 0 Å². The highest BCUT2D eigenvalue weighted by Gasteiger charge is 2.18. The molecule has 0 saturated carbocycles. The van der Waals surface area contributed by atoms with Crippen molar-refractivity contribution in [3.8, 4) is 0 Å². The lowest BCUT2D eigenvalue weighted by Gasteiger charge is -2.15. The molecule has 1 aromatic carbocycles. The molecule has 1 aromatic heterocycles. The molecular formula is C17H21N3O2S. The molecule has 0 radical (unpaired) electrons. The van der Waals surface area contributed by atoms with Gasteiger partial charge in [0, 0.05) is 4.90 Å². The van der Waals surface area contributed by atoms with Gasteiger partial charge in [0.15, 0.2) is 0 Å². The number of carbonyl (C=O) groups is 1. The highest BCUT2D eigenvalue weighted by atomic mass is 32.2. The summed E-state index contributed by atoms with van der Waals surface area (Å²) in [6, 6.07) is 7.90. The summed E-state index contributed by atoms with van der Waals surface area (Å²) < 4.78 is 0. The zero-order valence-corrected chi connectivity index (χ0v) is 14.6. The lowest BCUT2D eigenvalue weighted by molar-refractivity contribution is 0.0937. The molecule has 0 aliphatic rings. The van der Waals surface area contributed by atoms with Crippen LogP contribution in [0.1, 0.15) is 47.1 Å². The molecule has 122 valence electrons. The molecule has 0 saturated heterocycles. The van der Waals surface area contributed by atoms with E-state index >= 15 is 0 Å². The Morgan fingerprint density at radius 3 is 2.57 bits per heavy atom. The van der Waals surface area contributed by atoms with Gasteiger partial charge in [-0.05, 0) is 49.8 Å². The van der Waals surface area contributed by atoms with Gasteiger partial charge < -0.3 is 5.32 Å². The number of nitrogens with zero attached hydrogens (tertiary/aromatic N) is 1. The van der Waals surface area contributed by atoms with Gasteiger partial charge >= 0.3 is 0 Å². The standard InChI is InChI=1S/C17H21N3O2S/c1-5-23-14-8-6-13(7-9-14)12(4)18-16(21)15-10(2)11(3)19-20-17(15)22/h6-9,12H,5H2,1-4H3,(H,18,21)(H,20,22)/t12-/m0/s1. The van der Waals surface area contributed by atoms with Crippen molar-refractivity contribution in [3.05, 3.63) is 57.0 Å². The first-order valence-electron chi connectivity index (χ1n) is 7.53. The second-order valence-electron chi connectivity index (χ2n) is 5.34. The van der Waals surface area contributed by atoms with E-state index in [1.807, 2.05) is 31.2 Å². The SMILES string of the molecule is CCSc1ccc([C@H](C)NC(=O)c2c(C)c(C)n[nH]c2=O)cc1. The molecule has 0 bridgehead atoms. The van der Waals surface area contributed by atoms with E-state index in [2.05, 4.69) is 22.4 Å². The van der Waals surface area contributed by atoms with Gasteiger partial charge in [0.1, 0.15) is 5.56 Å². The summed E-state index contributed by atoms with van der Waals surface area (Å²) in [5.41, 5.74) is 1.91. The molecule has 0 spiro atoms. The minimum absolute atomic E-state index is 0.127. The van der Waals surface area contributed by atoms with E-state index in [0.717, 1.165) is 11.3 Å². The van der Waals surface area contributed by atoms with Crippen LogP contribution in [-0.2, 0) is 0 Å². The van der Waals surface area contributed by atoms with E-state index in [1.165, 1.54) is 4.90 Å². The van der Waals surface area contributed by atoms with Crippen LogP contribution in [0.15, 0.2) is 34.0 Å². The Balaban J connectivity index is 2.17. The second-order valence-corrected chi connectivity index (χ2v) is 6.67. The predicted molar refractivity (Wildman–Crippen MR) is 93.1 cm³/mol. The summed E-state index contributed by atoms with van der Waals surface area (Å²) in [7, 11) is 0. The van der Waals surface area contributed by atoms with E-state index in [1.54, 1.807) is 25.6 Å². The van der Waals surface area contributed by atoms with Crippen LogP contribution in [0, 0.1) is 13.8 Å². The van der Waals surface area contributed by atoms with E-state index in [-0.39, 0.29) is 17.5 Å². The average Bonchev–Trinajstić information content (AvgIpc) is 2.52. The van der Waals surface area contributed by atoms with Crippen LogP contribution in [0.3, 0.4) is 0 Å². The molecular weight excluding hydrogens is 310 g/mol. The third-order valence-electron chi connectivity index (χ3n) is 3.74. The number of hydrogen-bond acceptors (Lipinski definition) is 4. The van der Waals surface area contributed by atoms with Crippen molar-refractivity contribution < 1.29 is 4.79 Å². The molecule has 0 unspecified atom stereocenters. The van der Waals surface area contributed by atoms with Crippen LogP contribution < -0.4 is 10.9 Å². The topological polar surface area (TPSA) is 74.8 Å². The van der Waals surface area contributed by atoms with Gasteiger partial charge in [-0.2, -0.15) is 5.10 Å². The quantitative estimate of drug-likeness (QED) is 0.826. The molecule has 0 aliphatic carbocycles. The number of benzene rings is 1. The van der Waals surface area contributed by atoms with E-state index in [4.69, 9.17) is 0 Å². The zero-order chi connectivity index (χ0) is 17.0. The molecule has 1 atom stereocenters. The molecule has 5 nitrogen and oxygen atoms in total. The molecule has 6 heteroatoms. The van der Waals surface area contributed by atoms with Crippen LogP contribution in [0.2, 0.25) is 0 Å². The third-order valence-corrected chi connectivity index (χ3v) is 4.63. The molecule has 1 amide bonds. The Morgan fingerprint density at radius 1 is 1.30 bits per heavy atom. The van der Waals surface area contributed by atoms with Crippen LogP contribution in [-0.4, -0.2) is 21.9 Å². The minimum atomic E-state index is -0.465. The monoisotopic (exact) mass is 331 g/mol. The number of nitrogens with one attached hydrogen (secondary N) is 2. The molecule has 23 heavy (non-hydrogen) atoms. The number of rotatable bonds is 5. The van der Waals surface area contributed by atoms with Gasteiger partial charge in [-0.3, -0.25) is 9.59 Å². The van der Waals surface area contributed by atoms with Crippen molar-refractivity contribution in [1.29, 1.82) is 0 Å². The van der Waals surface area contributed by atoms with Gasteiger partial charge in [-0.15, -0.1) is 11.8 Å². The Hall–Kier alpha value is -2.08. The summed E-state index contributed by atoms with van der Waals surface area (Å²) in [4.78, 5) is 25.5. The number of amides is 1. The Labute approximate surface area is 139 Å². The first-order valence-corrected chi connectivity index (χ1v) is 8.52. The van der Waals surface area contributed by atoms with Crippen molar-refractivity contribution in [2.75, 3.05) is 5.75 Å². The van der Waals surface area contributed by atoms with E-state index < -0.39 is 5.56 Å². The summed E-state index contributed by atoms with van der Waals surface area (Å²) in [6.07, 6.45) is 0. The summed E-state index contributed by atoms with van der Waals surface area (Å²) in [5.74, 6) is 0.642. The summed E-state index contributed by atoms with van der Waals surface area (Å²) >= 11 is 1.77. The van der Waals surface area contributed by atoms with Crippen molar-refractivity contribution in [2.24, 2.45) is 0 Å². The largest absolute Gasteiger partial charge is 0.345 e. The molecule has 1 heterocycles. The van der Waals surface area contributed by atoms with Gasteiger partial charge in [0.25, 0.3) is 11.5 Å². The normalized spacial score (nSPS) is 12.0. The maximum Gasteiger partial charge on any atom is 0.277 e. The van der Waals surface area contributed by atoms with Crippen LogP contribution >= 0.6 is 11.8 Å². The number of aromatic amines is 1. The van der Waals surface area contributed by atoms with E-state index in [0.29, 0.717) is 11.3 Å². The number of carbonyl (C=O) groups excluding carboxylic acids is 1. The number of hydrogen-bond donors (Lipinski definition) is 2.